The van der Waals surface area contributed by atoms with Gasteiger partial charge in [-0.05, 0) is 67.6 Å². The summed E-state index contributed by atoms with van der Waals surface area (Å²) in [6.07, 6.45) is 4.07. The predicted octanol–water partition coefficient (Wildman–Crippen LogP) is 5.99. The Morgan fingerprint density at radius 3 is 2.47 bits per heavy atom. The normalized spacial score (nSPS) is 12.8. The van der Waals surface area contributed by atoms with Crippen LogP contribution in [-0.2, 0) is 4.79 Å². The lowest BCUT2D eigenvalue weighted by atomic mass is 10.2. The van der Waals surface area contributed by atoms with Gasteiger partial charge in [0.2, 0.25) is 11.9 Å². The summed E-state index contributed by atoms with van der Waals surface area (Å²) in [5.74, 6) is 0.425. The standard InChI is InChI=1S/C29H27ClN4O2/c1-20-6-5-9-25(16-20)34-18-26(22-12-14-24(30)15-13-22)31-29(34)32-27(35)19-33(17-21-10-11-21)28(36)23-7-3-2-4-8-23/h2-9,12-16,18,21H,10-11,17,19H2,1H3,(H,31,32,35). The van der Waals surface area contributed by atoms with Crippen molar-refractivity contribution in [1.82, 2.24) is 14.5 Å². The van der Waals surface area contributed by atoms with E-state index in [0.717, 1.165) is 29.7 Å². The quantitative estimate of drug-likeness (QED) is 0.324. The van der Waals surface area contributed by atoms with Crippen molar-refractivity contribution in [2.75, 3.05) is 18.4 Å². The average molecular weight is 499 g/mol. The van der Waals surface area contributed by atoms with Gasteiger partial charge >= 0.3 is 0 Å². The van der Waals surface area contributed by atoms with E-state index in [2.05, 4.69) is 5.32 Å². The Hall–Kier alpha value is -3.90. The van der Waals surface area contributed by atoms with Gasteiger partial charge in [0.1, 0.15) is 6.54 Å². The molecule has 1 aromatic heterocycles. The monoisotopic (exact) mass is 498 g/mol. The van der Waals surface area contributed by atoms with Crippen molar-refractivity contribution in [3.8, 4) is 16.9 Å². The summed E-state index contributed by atoms with van der Waals surface area (Å²) in [7, 11) is 0. The summed E-state index contributed by atoms with van der Waals surface area (Å²) in [4.78, 5) is 32.7. The summed E-state index contributed by atoms with van der Waals surface area (Å²) < 4.78 is 1.86. The zero-order valence-corrected chi connectivity index (χ0v) is 20.8. The molecule has 1 saturated carbocycles. The zero-order chi connectivity index (χ0) is 25.1. The molecule has 0 unspecified atom stereocenters. The molecule has 1 aliphatic carbocycles. The van der Waals surface area contributed by atoms with E-state index in [9.17, 15) is 9.59 Å². The van der Waals surface area contributed by atoms with Crippen molar-refractivity contribution >= 4 is 29.4 Å². The number of aryl methyl sites for hydroxylation is 1. The van der Waals surface area contributed by atoms with Gasteiger partial charge < -0.3 is 4.90 Å². The first-order valence-electron chi connectivity index (χ1n) is 12.0. The summed E-state index contributed by atoms with van der Waals surface area (Å²) >= 11 is 6.06. The lowest BCUT2D eigenvalue weighted by molar-refractivity contribution is -0.117. The Balaban J connectivity index is 1.41. The summed E-state index contributed by atoms with van der Waals surface area (Å²) in [6, 6.07) is 24.5. The van der Waals surface area contributed by atoms with Crippen LogP contribution in [0.4, 0.5) is 5.95 Å². The number of hydrogen-bond acceptors (Lipinski definition) is 3. The molecule has 5 rings (SSSR count). The fraction of sp³-hybridized carbons (Fsp3) is 0.207. The second-order valence-electron chi connectivity index (χ2n) is 9.21. The highest BCUT2D eigenvalue weighted by Gasteiger charge is 2.29. The number of amides is 2. The topological polar surface area (TPSA) is 67.2 Å². The lowest BCUT2D eigenvalue weighted by Gasteiger charge is -2.22. The van der Waals surface area contributed by atoms with E-state index in [1.165, 1.54) is 0 Å². The first-order chi connectivity index (χ1) is 17.5. The van der Waals surface area contributed by atoms with Gasteiger partial charge in [0.25, 0.3) is 5.91 Å². The predicted molar refractivity (Wildman–Crippen MR) is 142 cm³/mol. The summed E-state index contributed by atoms with van der Waals surface area (Å²) in [6.45, 7) is 2.55. The summed E-state index contributed by atoms with van der Waals surface area (Å²) in [5, 5.41) is 3.60. The van der Waals surface area contributed by atoms with Crippen LogP contribution in [0.15, 0.2) is 85.1 Å². The minimum atomic E-state index is -0.290. The first-order valence-corrected chi connectivity index (χ1v) is 12.4. The van der Waals surface area contributed by atoms with Gasteiger partial charge in [0.15, 0.2) is 0 Å². The Morgan fingerprint density at radius 2 is 1.78 bits per heavy atom. The molecule has 7 heteroatoms. The van der Waals surface area contributed by atoms with E-state index in [1.54, 1.807) is 17.0 Å². The molecule has 182 valence electrons. The van der Waals surface area contributed by atoms with Crippen LogP contribution < -0.4 is 5.32 Å². The number of hydrogen-bond donors (Lipinski definition) is 1. The molecule has 1 fully saturated rings. The van der Waals surface area contributed by atoms with Crippen LogP contribution in [-0.4, -0.2) is 39.4 Å². The molecule has 0 aliphatic heterocycles. The third-order valence-electron chi connectivity index (χ3n) is 6.19. The number of nitrogens with one attached hydrogen (secondary N) is 1. The van der Waals surface area contributed by atoms with E-state index >= 15 is 0 Å². The van der Waals surface area contributed by atoms with Crippen molar-refractivity contribution in [2.24, 2.45) is 5.92 Å². The molecule has 1 aliphatic rings. The van der Waals surface area contributed by atoms with Crippen LogP contribution in [0, 0.1) is 12.8 Å². The van der Waals surface area contributed by atoms with Crippen molar-refractivity contribution in [2.45, 2.75) is 19.8 Å². The largest absolute Gasteiger partial charge is 0.329 e. The first kappa shape index (κ1) is 23.8. The highest BCUT2D eigenvalue weighted by molar-refractivity contribution is 6.30. The van der Waals surface area contributed by atoms with Crippen LogP contribution in [0.5, 0.6) is 0 Å². The van der Waals surface area contributed by atoms with E-state index in [4.69, 9.17) is 16.6 Å². The number of anilines is 1. The zero-order valence-electron chi connectivity index (χ0n) is 20.0. The maximum atomic E-state index is 13.2. The highest BCUT2D eigenvalue weighted by Crippen LogP contribution is 2.30. The molecular formula is C29H27ClN4O2. The van der Waals surface area contributed by atoms with Crippen LogP contribution in [0.2, 0.25) is 5.02 Å². The van der Waals surface area contributed by atoms with Gasteiger partial charge in [0, 0.05) is 34.6 Å². The van der Waals surface area contributed by atoms with E-state index in [1.807, 2.05) is 84.4 Å². The van der Waals surface area contributed by atoms with Crippen molar-refractivity contribution in [3.63, 3.8) is 0 Å². The van der Waals surface area contributed by atoms with Gasteiger partial charge in [-0.3, -0.25) is 19.5 Å². The van der Waals surface area contributed by atoms with Crippen LogP contribution in [0.25, 0.3) is 16.9 Å². The van der Waals surface area contributed by atoms with Gasteiger partial charge in [-0.1, -0.05) is 54.1 Å². The average Bonchev–Trinajstić information content (AvgIpc) is 3.61. The SMILES string of the molecule is Cc1cccc(-n2cc(-c3ccc(Cl)cc3)nc2NC(=O)CN(CC2CC2)C(=O)c2ccccc2)c1. The van der Waals surface area contributed by atoms with E-state index < -0.39 is 0 Å². The number of rotatable bonds is 8. The van der Waals surface area contributed by atoms with Crippen LogP contribution in [0.3, 0.4) is 0 Å². The molecule has 1 N–H and O–H groups in total. The number of aromatic nitrogens is 2. The van der Waals surface area contributed by atoms with Gasteiger partial charge in [-0.15, -0.1) is 0 Å². The molecule has 0 bridgehead atoms. The maximum absolute atomic E-state index is 13.2. The van der Waals surface area contributed by atoms with Gasteiger partial charge in [0.05, 0.1) is 5.69 Å². The maximum Gasteiger partial charge on any atom is 0.254 e. The molecule has 0 saturated heterocycles. The third-order valence-corrected chi connectivity index (χ3v) is 6.45. The molecule has 36 heavy (non-hydrogen) atoms. The lowest BCUT2D eigenvalue weighted by Crippen LogP contribution is -2.39. The molecule has 0 atom stereocenters. The van der Waals surface area contributed by atoms with Crippen molar-refractivity contribution in [3.05, 3.63) is 101 Å². The Kier molecular flexibility index (Phi) is 6.87. The molecule has 6 nitrogen and oxygen atoms in total. The van der Waals surface area contributed by atoms with E-state index in [0.29, 0.717) is 34.7 Å². The second-order valence-corrected chi connectivity index (χ2v) is 9.65. The molecular weight excluding hydrogens is 472 g/mol. The smallest absolute Gasteiger partial charge is 0.254 e. The van der Waals surface area contributed by atoms with Crippen LogP contribution >= 0.6 is 11.6 Å². The van der Waals surface area contributed by atoms with Crippen molar-refractivity contribution < 1.29 is 9.59 Å². The Labute approximate surface area is 215 Å². The second kappa shape index (κ2) is 10.4. The molecule has 4 aromatic rings. The number of carbonyl (C=O) groups is 2. The number of benzene rings is 3. The Bertz CT molecular complexity index is 1380. The van der Waals surface area contributed by atoms with Crippen LogP contribution in [0.1, 0.15) is 28.8 Å². The fourth-order valence-corrected chi connectivity index (χ4v) is 4.26. The molecule has 0 radical (unpaired) electrons. The number of imidazole rings is 1. The molecule has 2 amide bonds. The van der Waals surface area contributed by atoms with Gasteiger partial charge in [-0.25, -0.2) is 4.98 Å². The minimum absolute atomic E-state index is 0.0405. The van der Waals surface area contributed by atoms with Crippen molar-refractivity contribution in [1.29, 1.82) is 0 Å². The molecule has 0 spiro atoms. The number of carbonyl (C=O) groups excluding carboxylic acids is 2. The third kappa shape index (κ3) is 5.66. The van der Waals surface area contributed by atoms with E-state index in [-0.39, 0.29) is 18.4 Å². The highest BCUT2D eigenvalue weighted by atomic mass is 35.5. The number of halogens is 1. The Morgan fingerprint density at radius 1 is 1.03 bits per heavy atom. The minimum Gasteiger partial charge on any atom is -0.329 e. The molecule has 3 aromatic carbocycles. The molecule has 1 heterocycles. The number of nitrogens with zero attached hydrogens (tertiary/aromatic N) is 3. The fourth-order valence-electron chi connectivity index (χ4n) is 4.14. The van der Waals surface area contributed by atoms with Gasteiger partial charge in [-0.2, -0.15) is 0 Å². The summed E-state index contributed by atoms with van der Waals surface area (Å²) in [5.41, 5.74) is 4.15.